The fraction of sp³-hybridized carbons (Fsp3) is 0.500. The fourth-order valence-corrected chi connectivity index (χ4v) is 2.42. The van der Waals surface area contributed by atoms with Crippen molar-refractivity contribution in [2.75, 3.05) is 6.54 Å². The average molecular weight is 291 g/mol. The summed E-state index contributed by atoms with van der Waals surface area (Å²) < 4.78 is 1.000. The van der Waals surface area contributed by atoms with Gasteiger partial charge in [-0.15, -0.1) is 11.3 Å². The molecule has 15 heavy (non-hydrogen) atoms. The Morgan fingerprint density at radius 3 is 2.67 bits per heavy atom. The minimum Gasteiger partial charge on any atom is -0.350 e. The molecule has 0 radical (unpaired) electrons. The van der Waals surface area contributed by atoms with E-state index in [1.54, 1.807) is 0 Å². The minimum atomic E-state index is -0.376. The second kappa shape index (κ2) is 4.63. The Bertz CT molecular complexity index is 348. The molecule has 0 atom stereocenters. The van der Waals surface area contributed by atoms with Gasteiger partial charge in [0.15, 0.2) is 0 Å². The number of hydrogen-bond donors (Lipinski definition) is 2. The van der Waals surface area contributed by atoms with Gasteiger partial charge in [-0.1, -0.05) is 0 Å². The Balaban J connectivity index is 2.62. The smallest absolute Gasteiger partial charge is 0.261 e. The van der Waals surface area contributed by atoms with Crippen LogP contribution in [0.5, 0.6) is 0 Å². The first-order valence-corrected chi connectivity index (χ1v) is 6.23. The minimum absolute atomic E-state index is 0.0627. The van der Waals surface area contributed by atoms with E-state index < -0.39 is 0 Å². The molecule has 5 heteroatoms. The molecule has 0 aliphatic heterocycles. The number of nitrogens with one attached hydrogen (secondary N) is 1. The van der Waals surface area contributed by atoms with E-state index in [2.05, 4.69) is 21.2 Å². The molecule has 0 saturated carbocycles. The Kier molecular flexibility index (Phi) is 3.92. The van der Waals surface area contributed by atoms with Crippen LogP contribution < -0.4 is 11.1 Å². The number of carbonyl (C=O) groups excluding carboxylic acids is 1. The highest BCUT2D eigenvalue weighted by atomic mass is 79.9. The molecule has 0 saturated heterocycles. The normalized spacial score (nSPS) is 11.5. The van der Waals surface area contributed by atoms with Crippen LogP contribution >= 0.6 is 27.3 Å². The molecule has 84 valence electrons. The summed E-state index contributed by atoms with van der Waals surface area (Å²) in [7, 11) is 0. The van der Waals surface area contributed by atoms with E-state index in [9.17, 15) is 4.79 Å². The van der Waals surface area contributed by atoms with E-state index in [1.165, 1.54) is 11.3 Å². The maximum atomic E-state index is 11.7. The van der Waals surface area contributed by atoms with Gasteiger partial charge < -0.3 is 11.1 Å². The average Bonchev–Trinajstić information content (AvgIpc) is 2.42. The zero-order valence-corrected chi connectivity index (χ0v) is 11.5. The summed E-state index contributed by atoms with van der Waals surface area (Å²) in [5.74, 6) is -0.0627. The predicted molar refractivity (Wildman–Crippen MR) is 67.4 cm³/mol. The monoisotopic (exact) mass is 290 g/mol. The van der Waals surface area contributed by atoms with Crippen molar-refractivity contribution in [3.05, 3.63) is 20.3 Å². The first-order valence-electron chi connectivity index (χ1n) is 4.62. The molecule has 1 amide bonds. The predicted octanol–water partition coefficient (Wildman–Crippen LogP) is 2.29. The van der Waals surface area contributed by atoms with Gasteiger partial charge in [-0.2, -0.15) is 0 Å². The van der Waals surface area contributed by atoms with E-state index in [-0.39, 0.29) is 11.4 Å². The van der Waals surface area contributed by atoms with Gasteiger partial charge in [0.1, 0.15) is 0 Å². The molecule has 3 N–H and O–H groups in total. The summed E-state index contributed by atoms with van der Waals surface area (Å²) in [6.45, 7) is 6.19. The highest BCUT2D eigenvalue weighted by molar-refractivity contribution is 9.11. The van der Waals surface area contributed by atoms with Crippen LogP contribution in [-0.2, 0) is 0 Å². The van der Waals surface area contributed by atoms with E-state index in [0.29, 0.717) is 11.4 Å². The van der Waals surface area contributed by atoms with E-state index in [4.69, 9.17) is 5.73 Å². The Morgan fingerprint density at radius 2 is 2.27 bits per heavy atom. The lowest BCUT2D eigenvalue weighted by molar-refractivity contribution is 0.0950. The van der Waals surface area contributed by atoms with Gasteiger partial charge in [-0.3, -0.25) is 4.79 Å². The number of amides is 1. The molecule has 0 spiro atoms. The van der Waals surface area contributed by atoms with Gasteiger partial charge in [0.25, 0.3) is 5.91 Å². The highest BCUT2D eigenvalue weighted by Crippen LogP contribution is 2.27. The van der Waals surface area contributed by atoms with Crippen molar-refractivity contribution in [2.24, 2.45) is 5.73 Å². The summed E-state index contributed by atoms with van der Waals surface area (Å²) >= 11 is 4.83. The van der Waals surface area contributed by atoms with Gasteiger partial charge in [0.05, 0.1) is 8.66 Å². The molecule has 1 aromatic heterocycles. The van der Waals surface area contributed by atoms with Crippen LogP contribution in [0.1, 0.15) is 29.1 Å². The number of thiophene rings is 1. The van der Waals surface area contributed by atoms with Crippen LogP contribution in [0.15, 0.2) is 9.85 Å². The van der Waals surface area contributed by atoms with Crippen LogP contribution in [0.4, 0.5) is 0 Å². The number of aryl methyl sites for hydroxylation is 1. The molecule has 3 nitrogen and oxygen atoms in total. The van der Waals surface area contributed by atoms with Crippen LogP contribution in [0, 0.1) is 6.92 Å². The first kappa shape index (κ1) is 12.7. The molecule has 0 aromatic carbocycles. The maximum Gasteiger partial charge on any atom is 0.261 e. The highest BCUT2D eigenvalue weighted by Gasteiger charge is 2.15. The second-order valence-corrected chi connectivity index (χ2v) is 6.61. The number of rotatable bonds is 3. The van der Waals surface area contributed by atoms with Crippen molar-refractivity contribution < 1.29 is 4.79 Å². The van der Waals surface area contributed by atoms with Crippen molar-refractivity contribution in [1.29, 1.82) is 0 Å². The van der Waals surface area contributed by atoms with Gasteiger partial charge in [-0.05, 0) is 48.3 Å². The van der Waals surface area contributed by atoms with Gasteiger partial charge in [-0.25, -0.2) is 0 Å². The number of carbonyl (C=O) groups is 1. The largest absolute Gasteiger partial charge is 0.350 e. The first-order chi connectivity index (χ1) is 6.79. The standard InChI is InChI=1S/C10H15BrN2OS/c1-6-4-7(15-8(6)11)9(14)13-5-10(2,3)12/h4H,5,12H2,1-3H3,(H,13,14). The Morgan fingerprint density at radius 1 is 1.67 bits per heavy atom. The third kappa shape index (κ3) is 3.93. The van der Waals surface area contributed by atoms with Crippen LogP contribution in [0.2, 0.25) is 0 Å². The SMILES string of the molecule is Cc1cc(C(=O)NCC(C)(C)N)sc1Br. The second-order valence-electron chi connectivity index (χ2n) is 4.24. The summed E-state index contributed by atoms with van der Waals surface area (Å²) in [6, 6.07) is 1.87. The Labute approximate surface area is 102 Å². The molecule has 0 bridgehead atoms. The summed E-state index contributed by atoms with van der Waals surface area (Å²) in [4.78, 5) is 12.4. The molecule has 1 rings (SSSR count). The van der Waals surface area contributed by atoms with E-state index in [1.807, 2.05) is 26.8 Å². The molecule has 0 aliphatic rings. The fourth-order valence-electron chi connectivity index (χ4n) is 0.967. The Hall–Kier alpha value is -0.390. The van der Waals surface area contributed by atoms with Crippen molar-refractivity contribution in [3.63, 3.8) is 0 Å². The van der Waals surface area contributed by atoms with Crippen LogP contribution in [0.3, 0.4) is 0 Å². The van der Waals surface area contributed by atoms with E-state index >= 15 is 0 Å². The molecule has 0 unspecified atom stereocenters. The molecular formula is C10H15BrN2OS. The van der Waals surface area contributed by atoms with Crippen molar-refractivity contribution in [1.82, 2.24) is 5.32 Å². The number of halogens is 1. The summed E-state index contributed by atoms with van der Waals surface area (Å²) in [6.07, 6.45) is 0. The topological polar surface area (TPSA) is 55.1 Å². The van der Waals surface area contributed by atoms with Crippen LogP contribution in [0.25, 0.3) is 0 Å². The van der Waals surface area contributed by atoms with E-state index in [0.717, 1.165) is 9.35 Å². The zero-order valence-electron chi connectivity index (χ0n) is 9.06. The lowest BCUT2D eigenvalue weighted by Crippen LogP contribution is -2.44. The third-order valence-electron chi connectivity index (χ3n) is 1.79. The molecule has 0 aliphatic carbocycles. The quantitative estimate of drug-likeness (QED) is 0.897. The third-order valence-corrected chi connectivity index (χ3v) is 3.92. The zero-order chi connectivity index (χ0) is 11.6. The van der Waals surface area contributed by atoms with Gasteiger partial charge in [0, 0.05) is 12.1 Å². The van der Waals surface area contributed by atoms with Crippen molar-refractivity contribution in [3.8, 4) is 0 Å². The number of nitrogens with two attached hydrogens (primary N) is 1. The van der Waals surface area contributed by atoms with Gasteiger partial charge >= 0.3 is 0 Å². The summed E-state index contributed by atoms with van der Waals surface area (Å²) in [5.41, 5.74) is 6.48. The van der Waals surface area contributed by atoms with Gasteiger partial charge in [0.2, 0.25) is 0 Å². The lowest BCUT2D eigenvalue weighted by atomic mass is 10.1. The molecular weight excluding hydrogens is 276 g/mol. The summed E-state index contributed by atoms with van der Waals surface area (Å²) in [5, 5.41) is 2.81. The number of hydrogen-bond acceptors (Lipinski definition) is 3. The molecule has 1 heterocycles. The molecule has 0 fully saturated rings. The molecule has 1 aromatic rings. The van der Waals surface area contributed by atoms with Crippen LogP contribution in [-0.4, -0.2) is 18.0 Å². The maximum absolute atomic E-state index is 11.7. The lowest BCUT2D eigenvalue weighted by Gasteiger charge is -2.18. The van der Waals surface area contributed by atoms with Crippen molar-refractivity contribution in [2.45, 2.75) is 26.3 Å². The van der Waals surface area contributed by atoms with Crippen molar-refractivity contribution >= 4 is 33.2 Å².